The van der Waals surface area contributed by atoms with Crippen LogP contribution >= 0.6 is 0 Å². The molecule has 142 valence electrons. The average Bonchev–Trinajstić information content (AvgIpc) is 3.25. The zero-order chi connectivity index (χ0) is 18.1. The first-order valence-electron chi connectivity index (χ1n) is 9.74. The summed E-state index contributed by atoms with van der Waals surface area (Å²) in [5.41, 5.74) is 1.33. The third kappa shape index (κ3) is 3.38. The molecule has 2 aliphatic heterocycles. The van der Waals surface area contributed by atoms with Crippen molar-refractivity contribution in [3.8, 4) is 0 Å². The van der Waals surface area contributed by atoms with E-state index >= 15 is 0 Å². The molecule has 3 aliphatic rings. The van der Waals surface area contributed by atoms with E-state index in [-0.39, 0.29) is 0 Å². The predicted molar refractivity (Wildman–Crippen MR) is 101 cm³/mol. The van der Waals surface area contributed by atoms with E-state index < -0.39 is 11.6 Å². The number of guanidine groups is 1. The highest BCUT2D eigenvalue weighted by atomic mass is 19.2. The molecule has 1 saturated carbocycles. The fourth-order valence-corrected chi connectivity index (χ4v) is 4.68. The first kappa shape index (κ1) is 17.6. The van der Waals surface area contributed by atoms with Gasteiger partial charge in [0.2, 0.25) is 0 Å². The van der Waals surface area contributed by atoms with E-state index in [2.05, 4.69) is 20.1 Å². The van der Waals surface area contributed by atoms with Gasteiger partial charge in [0.25, 0.3) is 0 Å². The maximum absolute atomic E-state index is 13.5. The maximum Gasteiger partial charge on any atom is 0.193 e. The Morgan fingerprint density at radius 3 is 2.73 bits per heavy atom. The molecule has 26 heavy (non-hydrogen) atoms. The van der Waals surface area contributed by atoms with Crippen molar-refractivity contribution in [1.82, 2.24) is 10.2 Å². The summed E-state index contributed by atoms with van der Waals surface area (Å²) in [6.07, 6.45) is 6.45. The SMILES string of the molecule is CN=C(NCC1CCN(c2ccc(F)c(F)c2)C1)N1CCC2(CCC2)C1. The number of likely N-dealkylation sites (tertiary alicyclic amines) is 1. The quantitative estimate of drug-likeness (QED) is 0.662. The smallest absolute Gasteiger partial charge is 0.193 e. The Morgan fingerprint density at radius 1 is 1.23 bits per heavy atom. The summed E-state index contributed by atoms with van der Waals surface area (Å²) in [5, 5.41) is 3.55. The Bertz CT molecular complexity index is 686. The van der Waals surface area contributed by atoms with Gasteiger partial charge in [-0.3, -0.25) is 4.99 Å². The standard InChI is InChI=1S/C20H28F2N4/c1-23-19(26-10-8-20(14-26)6-2-7-20)24-12-15-5-9-25(13-15)16-3-4-17(21)18(22)11-16/h3-4,11,15H,2,5-10,12-14H2,1H3,(H,23,24). The largest absolute Gasteiger partial charge is 0.371 e. The summed E-state index contributed by atoms with van der Waals surface area (Å²) < 4.78 is 26.6. The van der Waals surface area contributed by atoms with Crippen LogP contribution in [0.3, 0.4) is 0 Å². The Labute approximate surface area is 154 Å². The molecule has 2 saturated heterocycles. The number of rotatable bonds is 3. The number of aliphatic imine (C=N–C) groups is 1. The van der Waals surface area contributed by atoms with Gasteiger partial charge in [-0.1, -0.05) is 6.42 Å². The molecule has 1 aliphatic carbocycles. The third-order valence-electron chi connectivity index (χ3n) is 6.47. The zero-order valence-electron chi connectivity index (χ0n) is 15.5. The maximum atomic E-state index is 13.5. The van der Waals surface area contributed by atoms with E-state index in [4.69, 9.17) is 0 Å². The molecule has 1 aromatic rings. The van der Waals surface area contributed by atoms with Crippen LogP contribution in [-0.2, 0) is 0 Å². The molecule has 1 atom stereocenters. The number of hydrogen-bond donors (Lipinski definition) is 1. The van der Waals surface area contributed by atoms with Crippen molar-refractivity contribution >= 4 is 11.6 Å². The second-order valence-electron chi connectivity index (χ2n) is 8.15. The van der Waals surface area contributed by atoms with Crippen LogP contribution in [-0.4, -0.2) is 50.6 Å². The van der Waals surface area contributed by atoms with E-state index in [0.717, 1.165) is 50.8 Å². The predicted octanol–water partition coefficient (Wildman–Crippen LogP) is 3.24. The number of hydrogen-bond acceptors (Lipinski definition) is 2. The summed E-state index contributed by atoms with van der Waals surface area (Å²) in [6.45, 7) is 4.85. The lowest BCUT2D eigenvalue weighted by molar-refractivity contribution is 0.151. The van der Waals surface area contributed by atoms with Gasteiger partial charge in [-0.2, -0.15) is 0 Å². The summed E-state index contributed by atoms with van der Waals surface area (Å²) in [4.78, 5) is 9.02. The molecule has 4 rings (SSSR count). The average molecular weight is 362 g/mol. The molecule has 4 nitrogen and oxygen atoms in total. The van der Waals surface area contributed by atoms with Gasteiger partial charge in [-0.15, -0.1) is 0 Å². The lowest BCUT2D eigenvalue weighted by atomic mass is 9.68. The van der Waals surface area contributed by atoms with E-state index in [9.17, 15) is 8.78 Å². The second kappa shape index (κ2) is 7.05. The van der Waals surface area contributed by atoms with Crippen LogP contribution in [0.5, 0.6) is 0 Å². The number of nitrogens with one attached hydrogen (secondary N) is 1. The van der Waals surface area contributed by atoms with Gasteiger partial charge in [0.15, 0.2) is 17.6 Å². The molecular weight excluding hydrogens is 334 g/mol. The van der Waals surface area contributed by atoms with Crippen molar-refractivity contribution in [2.45, 2.75) is 32.1 Å². The summed E-state index contributed by atoms with van der Waals surface area (Å²) in [7, 11) is 1.86. The van der Waals surface area contributed by atoms with Crippen molar-refractivity contribution in [3.63, 3.8) is 0 Å². The molecule has 1 aromatic carbocycles. The van der Waals surface area contributed by atoms with Crippen LogP contribution in [0.25, 0.3) is 0 Å². The first-order chi connectivity index (χ1) is 12.6. The van der Waals surface area contributed by atoms with Gasteiger partial charge < -0.3 is 15.1 Å². The normalized spacial score (nSPS) is 25.0. The van der Waals surface area contributed by atoms with E-state index in [1.165, 1.54) is 37.8 Å². The molecule has 1 spiro atoms. The van der Waals surface area contributed by atoms with Crippen molar-refractivity contribution in [2.24, 2.45) is 16.3 Å². The minimum Gasteiger partial charge on any atom is -0.371 e. The van der Waals surface area contributed by atoms with Gasteiger partial charge in [0, 0.05) is 51.5 Å². The molecule has 3 fully saturated rings. The van der Waals surface area contributed by atoms with Gasteiger partial charge in [-0.05, 0) is 49.1 Å². The topological polar surface area (TPSA) is 30.9 Å². The highest BCUT2D eigenvalue weighted by molar-refractivity contribution is 5.80. The highest BCUT2D eigenvalue weighted by Crippen LogP contribution is 2.47. The number of halogens is 2. The van der Waals surface area contributed by atoms with E-state index in [0.29, 0.717) is 11.3 Å². The van der Waals surface area contributed by atoms with Crippen LogP contribution in [0.2, 0.25) is 0 Å². The van der Waals surface area contributed by atoms with E-state index in [1.54, 1.807) is 6.07 Å². The van der Waals surface area contributed by atoms with Crippen LogP contribution in [0, 0.1) is 23.0 Å². The fourth-order valence-electron chi connectivity index (χ4n) is 4.68. The summed E-state index contributed by atoms with van der Waals surface area (Å²) in [6, 6.07) is 4.17. The van der Waals surface area contributed by atoms with Crippen LogP contribution < -0.4 is 10.2 Å². The van der Waals surface area contributed by atoms with Gasteiger partial charge in [0.05, 0.1) is 0 Å². The van der Waals surface area contributed by atoms with Gasteiger partial charge >= 0.3 is 0 Å². The third-order valence-corrected chi connectivity index (χ3v) is 6.47. The van der Waals surface area contributed by atoms with Crippen molar-refractivity contribution < 1.29 is 8.78 Å². The summed E-state index contributed by atoms with van der Waals surface area (Å²) in [5.74, 6) is -0.0616. The van der Waals surface area contributed by atoms with E-state index in [1.807, 2.05) is 7.05 Å². The molecule has 1 unspecified atom stereocenters. The molecule has 6 heteroatoms. The van der Waals surface area contributed by atoms with Crippen LogP contribution in [0.1, 0.15) is 32.1 Å². The zero-order valence-corrected chi connectivity index (χ0v) is 15.5. The monoisotopic (exact) mass is 362 g/mol. The van der Waals surface area contributed by atoms with Crippen molar-refractivity contribution in [3.05, 3.63) is 29.8 Å². The lowest BCUT2D eigenvalue weighted by Crippen LogP contribution is -2.44. The Kier molecular flexibility index (Phi) is 4.76. The fraction of sp³-hybridized carbons (Fsp3) is 0.650. The molecule has 2 heterocycles. The van der Waals surface area contributed by atoms with Gasteiger partial charge in [-0.25, -0.2) is 8.78 Å². The molecule has 1 N–H and O–H groups in total. The number of anilines is 1. The van der Waals surface area contributed by atoms with Crippen LogP contribution in [0.15, 0.2) is 23.2 Å². The highest BCUT2D eigenvalue weighted by Gasteiger charge is 2.43. The van der Waals surface area contributed by atoms with Crippen molar-refractivity contribution in [2.75, 3.05) is 44.7 Å². The Hall–Kier alpha value is -1.85. The Morgan fingerprint density at radius 2 is 2.08 bits per heavy atom. The van der Waals surface area contributed by atoms with Crippen molar-refractivity contribution in [1.29, 1.82) is 0 Å². The first-order valence-corrected chi connectivity index (χ1v) is 9.74. The van der Waals surface area contributed by atoms with Crippen LogP contribution in [0.4, 0.5) is 14.5 Å². The lowest BCUT2D eigenvalue weighted by Gasteiger charge is -2.38. The Balaban J connectivity index is 1.29. The van der Waals surface area contributed by atoms with Gasteiger partial charge in [0.1, 0.15) is 0 Å². The molecular formula is C20H28F2N4. The molecule has 0 amide bonds. The second-order valence-corrected chi connectivity index (χ2v) is 8.15. The number of benzene rings is 1. The molecule has 0 bridgehead atoms. The molecule has 0 radical (unpaired) electrons. The minimum atomic E-state index is -0.787. The number of nitrogens with zero attached hydrogens (tertiary/aromatic N) is 3. The molecule has 0 aromatic heterocycles. The summed E-state index contributed by atoms with van der Waals surface area (Å²) >= 11 is 0. The minimum absolute atomic E-state index is 0.486.